The summed E-state index contributed by atoms with van der Waals surface area (Å²) in [4.78, 5) is 10.4. The molecule has 0 aliphatic heterocycles. The van der Waals surface area contributed by atoms with Crippen LogP contribution in [-0.4, -0.2) is 12.2 Å². The minimum Gasteiger partial charge on any atom is -0.350 e. The largest absolute Gasteiger partial charge is 0.350 e. The quantitative estimate of drug-likeness (QED) is 0.571. The summed E-state index contributed by atoms with van der Waals surface area (Å²) in [6.07, 6.45) is 2.62. The number of carbonyl (C=O) groups excluding carboxylic acids is 1. The van der Waals surface area contributed by atoms with Crippen molar-refractivity contribution < 1.29 is 4.79 Å². The Kier molecular flexibility index (Phi) is 4.34. The molecule has 1 unspecified atom stereocenters. The normalized spacial score (nSPS) is 12.6. The van der Waals surface area contributed by atoms with Crippen molar-refractivity contribution in [3.63, 3.8) is 0 Å². The van der Waals surface area contributed by atoms with Crippen molar-refractivity contribution in [2.24, 2.45) is 10.8 Å². The maximum Gasteiger partial charge on any atom is 0.332 e. The molecule has 0 aliphatic rings. The molecule has 15 heavy (non-hydrogen) atoms. The predicted molar refractivity (Wildman–Crippen MR) is 60.7 cm³/mol. The highest BCUT2D eigenvalue weighted by molar-refractivity contribution is 5.74. The molecule has 3 N–H and O–H groups in total. The number of hydrogen-bond acceptors (Lipinski definition) is 2. The SMILES string of the molecule is CCC(/C=N/NC(N)=O)c1ccccc1. The van der Waals surface area contributed by atoms with E-state index < -0.39 is 6.03 Å². The van der Waals surface area contributed by atoms with E-state index in [1.165, 1.54) is 5.56 Å². The van der Waals surface area contributed by atoms with Gasteiger partial charge in [-0.3, -0.25) is 0 Å². The zero-order chi connectivity index (χ0) is 11.1. The number of rotatable bonds is 4. The van der Waals surface area contributed by atoms with E-state index in [0.717, 1.165) is 6.42 Å². The monoisotopic (exact) mass is 205 g/mol. The fourth-order valence-corrected chi connectivity index (χ4v) is 1.32. The Morgan fingerprint density at radius 1 is 1.53 bits per heavy atom. The summed E-state index contributed by atoms with van der Waals surface area (Å²) >= 11 is 0. The van der Waals surface area contributed by atoms with Crippen LogP contribution >= 0.6 is 0 Å². The number of nitrogens with zero attached hydrogens (tertiary/aromatic N) is 1. The van der Waals surface area contributed by atoms with Gasteiger partial charge in [0.1, 0.15) is 0 Å². The number of nitrogens with one attached hydrogen (secondary N) is 1. The second kappa shape index (κ2) is 5.80. The summed E-state index contributed by atoms with van der Waals surface area (Å²) in [5.41, 5.74) is 8.26. The third-order valence-electron chi connectivity index (χ3n) is 2.10. The van der Waals surface area contributed by atoms with E-state index in [2.05, 4.69) is 17.5 Å². The van der Waals surface area contributed by atoms with Gasteiger partial charge < -0.3 is 5.73 Å². The average Bonchev–Trinajstić information content (AvgIpc) is 2.25. The number of hydrazone groups is 1. The van der Waals surface area contributed by atoms with Crippen LogP contribution in [-0.2, 0) is 0 Å². The fourth-order valence-electron chi connectivity index (χ4n) is 1.32. The molecule has 0 fully saturated rings. The highest BCUT2D eigenvalue weighted by Gasteiger charge is 2.04. The Morgan fingerprint density at radius 3 is 2.73 bits per heavy atom. The van der Waals surface area contributed by atoms with Crippen LogP contribution in [0.25, 0.3) is 0 Å². The van der Waals surface area contributed by atoms with Gasteiger partial charge in [-0.25, -0.2) is 10.2 Å². The lowest BCUT2D eigenvalue weighted by molar-refractivity contribution is 0.249. The minimum absolute atomic E-state index is 0.207. The highest BCUT2D eigenvalue weighted by Crippen LogP contribution is 2.16. The molecular formula is C11H15N3O. The molecule has 80 valence electrons. The molecule has 1 atom stereocenters. The molecule has 0 saturated carbocycles. The molecule has 2 amide bonds. The molecular weight excluding hydrogens is 190 g/mol. The van der Waals surface area contributed by atoms with Crippen molar-refractivity contribution in [1.82, 2.24) is 5.43 Å². The van der Waals surface area contributed by atoms with Crippen LogP contribution in [0.1, 0.15) is 24.8 Å². The van der Waals surface area contributed by atoms with Crippen LogP contribution in [0.2, 0.25) is 0 Å². The zero-order valence-electron chi connectivity index (χ0n) is 8.68. The standard InChI is InChI=1S/C11H15N3O/c1-2-9(8-13-14-11(12)15)10-6-4-3-5-7-10/h3-9H,2H2,1H3,(H3,12,14,15)/b13-8+. The average molecular weight is 205 g/mol. The second-order valence-electron chi connectivity index (χ2n) is 3.18. The smallest absolute Gasteiger partial charge is 0.332 e. The van der Waals surface area contributed by atoms with Gasteiger partial charge in [0.2, 0.25) is 0 Å². The maximum absolute atomic E-state index is 10.4. The molecule has 0 bridgehead atoms. The molecule has 0 aliphatic carbocycles. The topological polar surface area (TPSA) is 67.5 Å². The fraction of sp³-hybridized carbons (Fsp3) is 0.273. The maximum atomic E-state index is 10.4. The Labute approximate surface area is 89.2 Å². The lowest BCUT2D eigenvalue weighted by atomic mass is 9.98. The van der Waals surface area contributed by atoms with E-state index in [4.69, 9.17) is 5.73 Å². The predicted octanol–water partition coefficient (Wildman–Crippen LogP) is 1.83. The first-order valence-corrected chi connectivity index (χ1v) is 4.87. The minimum atomic E-state index is -0.644. The number of amides is 2. The Bertz CT molecular complexity index is 335. The van der Waals surface area contributed by atoms with Crippen molar-refractivity contribution in [3.8, 4) is 0 Å². The summed E-state index contributed by atoms with van der Waals surface area (Å²) in [5.74, 6) is 0.207. The van der Waals surface area contributed by atoms with Crippen LogP contribution in [0.15, 0.2) is 35.4 Å². The van der Waals surface area contributed by atoms with Crippen LogP contribution in [0.4, 0.5) is 4.79 Å². The van der Waals surface area contributed by atoms with Gasteiger partial charge in [-0.15, -0.1) is 0 Å². The molecule has 0 spiro atoms. The van der Waals surface area contributed by atoms with Gasteiger partial charge in [0, 0.05) is 12.1 Å². The summed E-state index contributed by atoms with van der Waals surface area (Å²) in [6.45, 7) is 2.06. The van der Waals surface area contributed by atoms with Crippen molar-refractivity contribution in [3.05, 3.63) is 35.9 Å². The first-order valence-electron chi connectivity index (χ1n) is 4.87. The summed E-state index contributed by atoms with van der Waals surface area (Å²) in [7, 11) is 0. The third kappa shape index (κ3) is 3.81. The zero-order valence-corrected chi connectivity index (χ0v) is 8.68. The molecule has 4 nitrogen and oxygen atoms in total. The molecule has 1 rings (SSSR count). The van der Waals surface area contributed by atoms with Crippen molar-refractivity contribution in [1.29, 1.82) is 0 Å². The molecule has 1 aromatic carbocycles. The third-order valence-corrected chi connectivity index (χ3v) is 2.10. The van der Waals surface area contributed by atoms with E-state index >= 15 is 0 Å². The van der Waals surface area contributed by atoms with Crippen LogP contribution in [0, 0.1) is 0 Å². The number of primary amides is 1. The van der Waals surface area contributed by atoms with Gasteiger partial charge in [-0.05, 0) is 12.0 Å². The Morgan fingerprint density at radius 2 is 2.20 bits per heavy atom. The van der Waals surface area contributed by atoms with Gasteiger partial charge in [-0.2, -0.15) is 5.10 Å². The summed E-state index contributed by atoms with van der Waals surface area (Å²) in [5, 5.41) is 3.77. The van der Waals surface area contributed by atoms with E-state index in [-0.39, 0.29) is 5.92 Å². The Balaban J connectivity index is 2.64. The molecule has 1 aromatic rings. The molecule has 0 radical (unpaired) electrons. The van der Waals surface area contributed by atoms with Gasteiger partial charge in [-0.1, -0.05) is 37.3 Å². The van der Waals surface area contributed by atoms with Gasteiger partial charge >= 0.3 is 6.03 Å². The van der Waals surface area contributed by atoms with E-state index in [0.29, 0.717) is 0 Å². The number of hydrogen-bond donors (Lipinski definition) is 2. The Hall–Kier alpha value is -1.84. The van der Waals surface area contributed by atoms with Crippen LogP contribution in [0.3, 0.4) is 0 Å². The first kappa shape index (κ1) is 11.2. The van der Waals surface area contributed by atoms with Gasteiger partial charge in [0.05, 0.1) is 0 Å². The lowest BCUT2D eigenvalue weighted by Gasteiger charge is -2.08. The van der Waals surface area contributed by atoms with Crippen LogP contribution < -0.4 is 11.2 Å². The van der Waals surface area contributed by atoms with Crippen molar-refractivity contribution >= 4 is 12.2 Å². The molecule has 0 heterocycles. The summed E-state index contributed by atoms with van der Waals surface area (Å²) < 4.78 is 0. The van der Waals surface area contributed by atoms with Gasteiger partial charge in [0.25, 0.3) is 0 Å². The van der Waals surface area contributed by atoms with Crippen molar-refractivity contribution in [2.75, 3.05) is 0 Å². The summed E-state index contributed by atoms with van der Waals surface area (Å²) in [6, 6.07) is 9.35. The molecule has 0 aromatic heterocycles. The molecule has 0 saturated heterocycles. The number of carbonyl (C=O) groups is 1. The number of benzene rings is 1. The molecule has 4 heteroatoms. The lowest BCUT2D eigenvalue weighted by Crippen LogP contribution is -2.24. The van der Waals surface area contributed by atoms with E-state index in [1.807, 2.05) is 30.3 Å². The highest BCUT2D eigenvalue weighted by atomic mass is 16.2. The number of urea groups is 1. The van der Waals surface area contributed by atoms with Crippen molar-refractivity contribution in [2.45, 2.75) is 19.3 Å². The van der Waals surface area contributed by atoms with Gasteiger partial charge in [0.15, 0.2) is 0 Å². The van der Waals surface area contributed by atoms with E-state index in [9.17, 15) is 4.79 Å². The van der Waals surface area contributed by atoms with E-state index in [1.54, 1.807) is 6.21 Å². The first-order chi connectivity index (χ1) is 7.24. The second-order valence-corrected chi connectivity index (χ2v) is 3.18. The van der Waals surface area contributed by atoms with Crippen LogP contribution in [0.5, 0.6) is 0 Å². The number of nitrogens with two attached hydrogens (primary N) is 1.